The lowest BCUT2D eigenvalue weighted by Crippen LogP contribution is -2.09. The molecule has 1 fully saturated rings. The van der Waals surface area contributed by atoms with Gasteiger partial charge in [-0.3, -0.25) is 0 Å². The van der Waals surface area contributed by atoms with Gasteiger partial charge in [-0.1, -0.05) is 0 Å². The number of esters is 1. The van der Waals surface area contributed by atoms with Crippen molar-refractivity contribution in [2.45, 2.75) is 25.7 Å². The zero-order chi connectivity index (χ0) is 13.2. The Morgan fingerprint density at radius 2 is 2.32 bits per heavy atom. The molecule has 0 N–H and O–H groups in total. The highest BCUT2D eigenvalue weighted by Crippen LogP contribution is 2.41. The van der Waals surface area contributed by atoms with Gasteiger partial charge in [0.15, 0.2) is 0 Å². The van der Waals surface area contributed by atoms with Crippen molar-refractivity contribution >= 4 is 17.3 Å². The van der Waals surface area contributed by atoms with Gasteiger partial charge in [0.2, 0.25) is 0 Å². The van der Waals surface area contributed by atoms with Crippen LogP contribution in [0, 0.1) is 0 Å². The molecule has 0 bridgehead atoms. The van der Waals surface area contributed by atoms with Crippen molar-refractivity contribution in [1.82, 2.24) is 9.97 Å². The molecule has 98 valence electrons. The van der Waals surface area contributed by atoms with E-state index in [0.29, 0.717) is 18.1 Å². The lowest BCUT2D eigenvalue weighted by atomic mass is 10.1. The number of thiazole rings is 1. The molecule has 0 radical (unpaired) electrons. The number of hydrogen-bond donors (Lipinski definition) is 0. The van der Waals surface area contributed by atoms with Crippen LogP contribution in [0.3, 0.4) is 0 Å². The van der Waals surface area contributed by atoms with Crippen LogP contribution in [0.2, 0.25) is 0 Å². The lowest BCUT2D eigenvalue weighted by Gasteiger charge is -2.08. The summed E-state index contributed by atoms with van der Waals surface area (Å²) in [6, 6.07) is 3.66. The summed E-state index contributed by atoms with van der Waals surface area (Å²) < 4.78 is 5.09. The molecule has 4 nitrogen and oxygen atoms in total. The number of ether oxygens (including phenoxy) is 1. The molecule has 19 heavy (non-hydrogen) atoms. The summed E-state index contributed by atoms with van der Waals surface area (Å²) in [6.07, 6.45) is 3.96. The average Bonchev–Trinajstić information content (AvgIpc) is 3.13. The topological polar surface area (TPSA) is 52.1 Å². The second-order valence-electron chi connectivity index (χ2n) is 4.46. The molecule has 2 heterocycles. The Morgan fingerprint density at radius 1 is 1.47 bits per heavy atom. The first-order valence-electron chi connectivity index (χ1n) is 6.37. The van der Waals surface area contributed by atoms with Crippen LogP contribution in [-0.2, 0) is 4.74 Å². The van der Waals surface area contributed by atoms with E-state index >= 15 is 0 Å². The van der Waals surface area contributed by atoms with Crippen molar-refractivity contribution < 1.29 is 9.53 Å². The monoisotopic (exact) mass is 274 g/mol. The van der Waals surface area contributed by atoms with Crippen LogP contribution in [-0.4, -0.2) is 22.5 Å². The Kier molecular flexibility index (Phi) is 3.29. The summed E-state index contributed by atoms with van der Waals surface area (Å²) in [5.74, 6) is 0.127. The van der Waals surface area contributed by atoms with Crippen LogP contribution in [0.5, 0.6) is 0 Å². The summed E-state index contributed by atoms with van der Waals surface area (Å²) in [7, 11) is 0. The Labute approximate surface area is 115 Å². The number of nitrogens with zero attached hydrogens (tertiary/aromatic N) is 2. The number of carbonyl (C=O) groups is 1. The molecular formula is C14H14N2O2S. The van der Waals surface area contributed by atoms with Crippen molar-refractivity contribution in [1.29, 1.82) is 0 Å². The fraction of sp³-hybridized carbons (Fsp3) is 0.357. The van der Waals surface area contributed by atoms with E-state index in [2.05, 4.69) is 9.97 Å². The summed E-state index contributed by atoms with van der Waals surface area (Å²) in [4.78, 5) is 20.8. The molecule has 0 saturated heterocycles. The van der Waals surface area contributed by atoms with E-state index in [1.165, 1.54) is 0 Å². The van der Waals surface area contributed by atoms with Gasteiger partial charge in [0, 0.05) is 17.5 Å². The minimum atomic E-state index is -0.275. The van der Waals surface area contributed by atoms with Crippen LogP contribution >= 0.6 is 11.3 Å². The van der Waals surface area contributed by atoms with Crippen LogP contribution in [0.25, 0.3) is 10.7 Å². The van der Waals surface area contributed by atoms with Gasteiger partial charge >= 0.3 is 5.97 Å². The first kappa shape index (κ1) is 12.3. The first-order chi connectivity index (χ1) is 9.29. The minimum Gasteiger partial charge on any atom is -0.462 e. The summed E-state index contributed by atoms with van der Waals surface area (Å²) in [5, 5.41) is 2.81. The van der Waals surface area contributed by atoms with E-state index in [9.17, 15) is 4.79 Å². The van der Waals surface area contributed by atoms with Gasteiger partial charge in [0.05, 0.1) is 23.6 Å². The molecule has 1 aliphatic rings. The minimum absolute atomic E-state index is 0.275. The van der Waals surface area contributed by atoms with Gasteiger partial charge in [0.1, 0.15) is 5.01 Å². The zero-order valence-corrected chi connectivity index (χ0v) is 11.4. The number of pyridine rings is 1. The van der Waals surface area contributed by atoms with E-state index < -0.39 is 0 Å². The maximum absolute atomic E-state index is 11.9. The Balaban J connectivity index is 2.00. The van der Waals surface area contributed by atoms with Crippen molar-refractivity contribution in [3.63, 3.8) is 0 Å². The molecule has 0 spiro atoms. The normalized spacial score (nSPS) is 14.4. The molecule has 0 atom stereocenters. The van der Waals surface area contributed by atoms with E-state index in [1.54, 1.807) is 17.5 Å². The van der Waals surface area contributed by atoms with E-state index in [0.717, 1.165) is 29.2 Å². The van der Waals surface area contributed by atoms with Crippen LogP contribution in [0.4, 0.5) is 0 Å². The third-order valence-electron chi connectivity index (χ3n) is 3.04. The molecule has 3 rings (SSSR count). The molecule has 0 amide bonds. The standard InChI is InChI=1S/C14H14N2O2S/c1-2-18-14(17)10-5-6-11(13-15-7-8-19-13)16-12(10)9-3-4-9/h5-9H,2-4H2,1H3. The molecule has 2 aromatic rings. The third-order valence-corrected chi connectivity index (χ3v) is 3.83. The van der Waals surface area contributed by atoms with Crippen molar-refractivity contribution in [3.8, 4) is 10.7 Å². The molecule has 1 aliphatic carbocycles. The van der Waals surface area contributed by atoms with Crippen LogP contribution < -0.4 is 0 Å². The molecular weight excluding hydrogens is 260 g/mol. The second kappa shape index (κ2) is 5.09. The maximum Gasteiger partial charge on any atom is 0.339 e. The third kappa shape index (κ3) is 2.51. The smallest absolute Gasteiger partial charge is 0.339 e. The van der Waals surface area contributed by atoms with Crippen molar-refractivity contribution in [2.24, 2.45) is 0 Å². The Hall–Kier alpha value is -1.75. The zero-order valence-electron chi connectivity index (χ0n) is 10.6. The highest BCUT2D eigenvalue weighted by Gasteiger charge is 2.30. The van der Waals surface area contributed by atoms with Crippen LogP contribution in [0.15, 0.2) is 23.7 Å². The average molecular weight is 274 g/mol. The lowest BCUT2D eigenvalue weighted by molar-refractivity contribution is 0.0524. The molecule has 0 unspecified atom stereocenters. The van der Waals surface area contributed by atoms with Crippen LogP contribution in [0.1, 0.15) is 41.7 Å². The Bertz CT molecular complexity index is 591. The summed E-state index contributed by atoms with van der Waals surface area (Å²) in [5.41, 5.74) is 2.31. The summed E-state index contributed by atoms with van der Waals surface area (Å²) >= 11 is 1.55. The predicted octanol–water partition coefficient (Wildman–Crippen LogP) is 3.26. The van der Waals surface area contributed by atoms with E-state index in [-0.39, 0.29) is 5.97 Å². The molecule has 5 heteroatoms. The van der Waals surface area contributed by atoms with E-state index in [4.69, 9.17) is 4.74 Å². The van der Waals surface area contributed by atoms with Gasteiger partial charge in [-0.25, -0.2) is 14.8 Å². The van der Waals surface area contributed by atoms with Gasteiger partial charge < -0.3 is 4.74 Å². The first-order valence-corrected chi connectivity index (χ1v) is 7.25. The van der Waals surface area contributed by atoms with Gasteiger partial charge in [0.25, 0.3) is 0 Å². The SMILES string of the molecule is CCOC(=O)c1ccc(-c2nccs2)nc1C1CC1. The van der Waals surface area contributed by atoms with Gasteiger partial charge in [-0.05, 0) is 31.9 Å². The van der Waals surface area contributed by atoms with Gasteiger partial charge in [-0.2, -0.15) is 0 Å². The fourth-order valence-electron chi connectivity index (χ4n) is 1.99. The quantitative estimate of drug-likeness (QED) is 0.803. The molecule has 0 aliphatic heterocycles. The number of hydrogen-bond acceptors (Lipinski definition) is 5. The fourth-order valence-corrected chi connectivity index (χ4v) is 2.60. The Morgan fingerprint density at radius 3 is 2.95 bits per heavy atom. The molecule has 0 aromatic carbocycles. The number of rotatable bonds is 4. The molecule has 1 saturated carbocycles. The van der Waals surface area contributed by atoms with Crippen molar-refractivity contribution in [2.75, 3.05) is 6.61 Å². The van der Waals surface area contributed by atoms with Gasteiger partial charge in [-0.15, -0.1) is 11.3 Å². The highest BCUT2D eigenvalue weighted by molar-refractivity contribution is 7.13. The molecule has 2 aromatic heterocycles. The summed E-state index contributed by atoms with van der Waals surface area (Å²) in [6.45, 7) is 2.20. The number of aromatic nitrogens is 2. The maximum atomic E-state index is 11.9. The second-order valence-corrected chi connectivity index (χ2v) is 5.36. The van der Waals surface area contributed by atoms with Crippen molar-refractivity contribution in [3.05, 3.63) is 35.0 Å². The highest BCUT2D eigenvalue weighted by atomic mass is 32.1. The largest absolute Gasteiger partial charge is 0.462 e. The van der Waals surface area contributed by atoms with E-state index in [1.807, 2.05) is 24.4 Å². The predicted molar refractivity (Wildman–Crippen MR) is 73.3 cm³/mol. The number of carbonyl (C=O) groups excluding carboxylic acids is 1.